The van der Waals surface area contributed by atoms with Crippen LogP contribution in [0.2, 0.25) is 0 Å². The van der Waals surface area contributed by atoms with E-state index in [-0.39, 0.29) is 5.56 Å². The van der Waals surface area contributed by atoms with E-state index in [1.165, 1.54) is 12.3 Å². The van der Waals surface area contributed by atoms with Gasteiger partial charge in [0, 0.05) is 11.9 Å². The highest BCUT2D eigenvalue weighted by Gasteiger charge is 2.12. The number of hydrogen-bond acceptors (Lipinski definition) is 4. The number of carbonyl (C=O) groups is 1. The lowest BCUT2D eigenvalue weighted by Gasteiger charge is -2.03. The van der Waals surface area contributed by atoms with Gasteiger partial charge in [-0.2, -0.15) is 0 Å². The molecule has 0 aliphatic rings. The number of aromatic nitrogens is 1. The molecule has 0 spiro atoms. The number of pyridine rings is 1. The van der Waals surface area contributed by atoms with Crippen molar-refractivity contribution in [2.24, 2.45) is 0 Å². The van der Waals surface area contributed by atoms with Crippen LogP contribution in [0.5, 0.6) is 0 Å². The van der Waals surface area contributed by atoms with E-state index in [1.54, 1.807) is 13.0 Å². The molecule has 0 saturated carbocycles. The van der Waals surface area contributed by atoms with E-state index in [2.05, 4.69) is 4.98 Å². The molecule has 1 amide bonds. The molecule has 14 heavy (non-hydrogen) atoms. The number of amides is 1. The van der Waals surface area contributed by atoms with Crippen LogP contribution in [0.15, 0.2) is 18.3 Å². The third kappa shape index (κ3) is 2.81. The summed E-state index contributed by atoms with van der Waals surface area (Å²) in [5.74, 6) is -0.655. The summed E-state index contributed by atoms with van der Waals surface area (Å²) in [5.41, 5.74) is 0.756. The van der Waals surface area contributed by atoms with Gasteiger partial charge in [-0.25, -0.2) is 13.1 Å². The lowest BCUT2D eigenvalue weighted by Crippen LogP contribution is -2.29. The number of nitrogens with zero attached hydrogens (tertiary/aromatic N) is 1. The normalized spacial score (nSPS) is 11.0. The first-order valence-corrected chi connectivity index (χ1v) is 5.73. The Hall–Kier alpha value is -1.43. The van der Waals surface area contributed by atoms with Crippen molar-refractivity contribution in [2.75, 3.05) is 6.26 Å². The van der Waals surface area contributed by atoms with Crippen LogP contribution in [-0.4, -0.2) is 25.6 Å². The molecule has 0 unspecified atom stereocenters. The molecule has 1 N–H and O–H groups in total. The Morgan fingerprint density at radius 2 is 2.14 bits per heavy atom. The van der Waals surface area contributed by atoms with E-state index in [9.17, 15) is 13.2 Å². The molecular formula is C8H10N2O3S. The van der Waals surface area contributed by atoms with Gasteiger partial charge < -0.3 is 0 Å². The molecular weight excluding hydrogens is 204 g/mol. The van der Waals surface area contributed by atoms with Crippen LogP contribution in [0, 0.1) is 6.92 Å². The maximum Gasteiger partial charge on any atom is 0.266 e. The highest BCUT2D eigenvalue weighted by atomic mass is 32.2. The molecule has 1 heterocycles. The van der Waals surface area contributed by atoms with Gasteiger partial charge >= 0.3 is 0 Å². The van der Waals surface area contributed by atoms with Crippen LogP contribution in [-0.2, 0) is 10.0 Å². The topological polar surface area (TPSA) is 76.1 Å². The second kappa shape index (κ2) is 3.75. The number of rotatable bonds is 2. The van der Waals surface area contributed by atoms with E-state index < -0.39 is 15.9 Å². The van der Waals surface area contributed by atoms with Crippen molar-refractivity contribution in [2.45, 2.75) is 6.92 Å². The Bertz CT molecular complexity index is 453. The van der Waals surface area contributed by atoms with E-state index in [1.807, 2.05) is 4.72 Å². The summed E-state index contributed by atoms with van der Waals surface area (Å²) >= 11 is 0. The molecule has 0 atom stereocenters. The second-order valence-electron chi connectivity index (χ2n) is 2.84. The van der Waals surface area contributed by atoms with Gasteiger partial charge in [0.2, 0.25) is 10.0 Å². The van der Waals surface area contributed by atoms with Crippen LogP contribution in [0.4, 0.5) is 0 Å². The summed E-state index contributed by atoms with van der Waals surface area (Å²) in [6, 6.07) is 3.09. The van der Waals surface area contributed by atoms with Crippen LogP contribution >= 0.6 is 0 Å². The SMILES string of the molecule is Cc1ncccc1C(=O)NS(C)(=O)=O. The van der Waals surface area contributed by atoms with Crippen LogP contribution in [0.25, 0.3) is 0 Å². The fourth-order valence-corrected chi connectivity index (χ4v) is 1.39. The molecule has 0 aromatic carbocycles. The van der Waals surface area contributed by atoms with Gasteiger partial charge in [-0.05, 0) is 19.1 Å². The Labute approximate surface area is 82.2 Å². The monoisotopic (exact) mass is 214 g/mol. The summed E-state index contributed by atoms with van der Waals surface area (Å²) in [7, 11) is -3.52. The third-order valence-corrected chi connectivity index (χ3v) is 2.09. The molecule has 1 aromatic heterocycles. The zero-order valence-electron chi connectivity index (χ0n) is 7.81. The maximum absolute atomic E-state index is 11.4. The van der Waals surface area contributed by atoms with Crippen molar-refractivity contribution < 1.29 is 13.2 Å². The highest BCUT2D eigenvalue weighted by molar-refractivity contribution is 7.89. The molecule has 0 aliphatic heterocycles. The van der Waals surface area contributed by atoms with Crippen LogP contribution in [0.1, 0.15) is 16.1 Å². The number of carbonyl (C=O) groups excluding carboxylic acids is 1. The van der Waals surface area contributed by atoms with Gasteiger partial charge in [0.05, 0.1) is 11.8 Å². The predicted octanol–water partition coefficient (Wildman–Crippen LogP) is 0.0794. The molecule has 1 rings (SSSR count). The van der Waals surface area contributed by atoms with Crippen molar-refractivity contribution in [3.63, 3.8) is 0 Å². The lowest BCUT2D eigenvalue weighted by molar-refractivity contribution is 0.0980. The second-order valence-corrected chi connectivity index (χ2v) is 4.59. The number of hydrogen-bond donors (Lipinski definition) is 1. The van der Waals surface area contributed by atoms with Crippen LogP contribution in [0.3, 0.4) is 0 Å². The van der Waals surface area contributed by atoms with Gasteiger partial charge in [-0.1, -0.05) is 0 Å². The molecule has 5 nitrogen and oxygen atoms in total. The molecule has 76 valence electrons. The maximum atomic E-state index is 11.4. The predicted molar refractivity (Wildman–Crippen MR) is 51.3 cm³/mol. The molecule has 0 aliphatic carbocycles. The van der Waals surface area contributed by atoms with Gasteiger partial charge in [0.1, 0.15) is 0 Å². The van der Waals surface area contributed by atoms with Gasteiger partial charge in [-0.3, -0.25) is 9.78 Å². The minimum Gasteiger partial charge on any atom is -0.268 e. The number of aryl methyl sites for hydroxylation is 1. The minimum absolute atomic E-state index is 0.262. The summed E-state index contributed by atoms with van der Waals surface area (Å²) in [5, 5.41) is 0. The van der Waals surface area contributed by atoms with E-state index in [4.69, 9.17) is 0 Å². The third-order valence-electron chi connectivity index (χ3n) is 1.53. The molecule has 0 bridgehead atoms. The van der Waals surface area contributed by atoms with Crippen molar-refractivity contribution >= 4 is 15.9 Å². The standard InChI is InChI=1S/C8H10N2O3S/c1-6-7(4-3-5-9-6)8(11)10-14(2,12)13/h3-5H,1-2H3,(H,10,11). The lowest BCUT2D eigenvalue weighted by atomic mass is 10.2. The van der Waals surface area contributed by atoms with Gasteiger partial charge in [0.15, 0.2) is 0 Å². The summed E-state index contributed by atoms with van der Waals surface area (Å²) in [4.78, 5) is 15.2. The first-order valence-electron chi connectivity index (χ1n) is 3.84. The average Bonchev–Trinajstić information content (AvgIpc) is 2.01. The fraction of sp³-hybridized carbons (Fsp3) is 0.250. The Balaban J connectivity index is 2.97. The minimum atomic E-state index is -3.52. The molecule has 0 fully saturated rings. The van der Waals surface area contributed by atoms with Crippen molar-refractivity contribution in [3.05, 3.63) is 29.6 Å². The van der Waals surface area contributed by atoms with E-state index in [0.717, 1.165) is 6.26 Å². The molecule has 6 heteroatoms. The summed E-state index contributed by atoms with van der Waals surface area (Å²) < 4.78 is 23.4. The summed E-state index contributed by atoms with van der Waals surface area (Å²) in [6.45, 7) is 1.64. The quantitative estimate of drug-likeness (QED) is 0.756. The fourth-order valence-electron chi connectivity index (χ4n) is 0.948. The van der Waals surface area contributed by atoms with Gasteiger partial charge in [0.25, 0.3) is 5.91 Å². The molecule has 0 radical (unpaired) electrons. The first kappa shape index (κ1) is 10.6. The highest BCUT2D eigenvalue weighted by Crippen LogP contribution is 2.03. The first-order chi connectivity index (χ1) is 6.40. The zero-order valence-corrected chi connectivity index (χ0v) is 8.63. The average molecular weight is 214 g/mol. The van der Waals surface area contributed by atoms with Crippen molar-refractivity contribution in [1.82, 2.24) is 9.71 Å². The molecule has 1 aromatic rings. The Kier molecular flexibility index (Phi) is 2.85. The van der Waals surface area contributed by atoms with Crippen LogP contribution < -0.4 is 4.72 Å². The van der Waals surface area contributed by atoms with Gasteiger partial charge in [-0.15, -0.1) is 0 Å². The Morgan fingerprint density at radius 1 is 1.50 bits per heavy atom. The van der Waals surface area contributed by atoms with Crippen molar-refractivity contribution in [3.8, 4) is 0 Å². The smallest absolute Gasteiger partial charge is 0.266 e. The largest absolute Gasteiger partial charge is 0.268 e. The number of nitrogens with one attached hydrogen (secondary N) is 1. The zero-order chi connectivity index (χ0) is 10.8. The van der Waals surface area contributed by atoms with Crippen molar-refractivity contribution in [1.29, 1.82) is 0 Å². The van der Waals surface area contributed by atoms with E-state index in [0.29, 0.717) is 5.69 Å². The summed E-state index contributed by atoms with van der Waals surface area (Å²) in [6.07, 6.45) is 2.46. The Morgan fingerprint density at radius 3 is 2.64 bits per heavy atom. The molecule has 0 saturated heterocycles. The van der Waals surface area contributed by atoms with E-state index >= 15 is 0 Å². The number of sulfonamides is 1.